The van der Waals surface area contributed by atoms with Crippen LogP contribution >= 0.6 is 0 Å². The van der Waals surface area contributed by atoms with Gasteiger partial charge >= 0.3 is 0 Å². The van der Waals surface area contributed by atoms with Crippen LogP contribution in [0.1, 0.15) is 30.3 Å². The number of methoxy groups -OCH3 is 1. The van der Waals surface area contributed by atoms with E-state index in [1.54, 1.807) is 13.2 Å². The fourth-order valence-electron chi connectivity index (χ4n) is 2.12. The van der Waals surface area contributed by atoms with Crippen molar-refractivity contribution in [3.63, 3.8) is 0 Å². The van der Waals surface area contributed by atoms with E-state index in [2.05, 4.69) is 10.3 Å². The van der Waals surface area contributed by atoms with Crippen LogP contribution in [0.3, 0.4) is 0 Å². The van der Waals surface area contributed by atoms with E-state index in [1.165, 1.54) is 0 Å². The lowest BCUT2D eigenvalue weighted by atomic mass is 10.1. The predicted octanol–water partition coefficient (Wildman–Crippen LogP) is 2.13. The van der Waals surface area contributed by atoms with Gasteiger partial charge in [-0.25, -0.2) is 4.98 Å². The average Bonchev–Trinajstić information content (AvgIpc) is 2.51. The molecule has 0 saturated carbocycles. The summed E-state index contributed by atoms with van der Waals surface area (Å²) in [5.41, 5.74) is 1.15. The van der Waals surface area contributed by atoms with Crippen LogP contribution in [0.15, 0.2) is 30.3 Å². The summed E-state index contributed by atoms with van der Waals surface area (Å²) >= 11 is 0. The van der Waals surface area contributed by atoms with Gasteiger partial charge in [0.2, 0.25) is 0 Å². The van der Waals surface area contributed by atoms with Crippen LogP contribution in [-0.4, -0.2) is 35.8 Å². The molecule has 1 aromatic carbocycles. The summed E-state index contributed by atoms with van der Waals surface area (Å²) < 4.78 is 5.16. The molecule has 5 heteroatoms. The lowest BCUT2D eigenvalue weighted by Gasteiger charge is -2.13. The van der Waals surface area contributed by atoms with Crippen molar-refractivity contribution in [2.75, 3.05) is 13.7 Å². The lowest BCUT2D eigenvalue weighted by Crippen LogP contribution is -2.33. The fraction of sp³-hybridized carbons (Fsp3) is 0.375. The molecule has 0 fully saturated rings. The van der Waals surface area contributed by atoms with Gasteiger partial charge in [0.1, 0.15) is 11.4 Å². The van der Waals surface area contributed by atoms with Gasteiger partial charge in [-0.05, 0) is 44.0 Å². The van der Waals surface area contributed by atoms with Gasteiger partial charge in [-0.3, -0.25) is 4.79 Å². The number of aromatic nitrogens is 1. The highest BCUT2D eigenvalue weighted by atomic mass is 16.5. The third-order valence-electron chi connectivity index (χ3n) is 3.30. The minimum Gasteiger partial charge on any atom is -0.497 e. The molecule has 112 valence electrons. The summed E-state index contributed by atoms with van der Waals surface area (Å²) in [6, 6.07) is 9.11. The highest BCUT2D eigenvalue weighted by Crippen LogP contribution is 2.19. The molecule has 0 aliphatic rings. The number of benzene rings is 1. The zero-order valence-corrected chi connectivity index (χ0v) is 12.3. The van der Waals surface area contributed by atoms with E-state index >= 15 is 0 Å². The van der Waals surface area contributed by atoms with Gasteiger partial charge in [0.05, 0.1) is 12.6 Å². The molecule has 2 N–H and O–H groups in total. The molecule has 1 aromatic heterocycles. The molecule has 1 unspecified atom stereocenters. The molecule has 2 rings (SSSR count). The molecule has 1 atom stereocenters. The standard InChI is InChI=1S/C16H20N2O3/c1-11(4-3-9-19)17-16(20)15-7-5-12-10-13(21-2)6-8-14(12)18-15/h5-8,10-11,19H,3-4,9H2,1-2H3,(H,17,20). The molecule has 21 heavy (non-hydrogen) atoms. The van der Waals surface area contributed by atoms with Crippen LogP contribution < -0.4 is 10.1 Å². The van der Waals surface area contributed by atoms with Crippen LogP contribution in [-0.2, 0) is 0 Å². The van der Waals surface area contributed by atoms with Gasteiger partial charge in [0.15, 0.2) is 0 Å². The zero-order valence-electron chi connectivity index (χ0n) is 12.3. The fourth-order valence-corrected chi connectivity index (χ4v) is 2.12. The first-order chi connectivity index (χ1) is 10.1. The van der Waals surface area contributed by atoms with E-state index in [1.807, 2.05) is 31.2 Å². The van der Waals surface area contributed by atoms with Gasteiger partial charge in [-0.2, -0.15) is 0 Å². The monoisotopic (exact) mass is 288 g/mol. The SMILES string of the molecule is COc1ccc2nc(C(=O)NC(C)CCCO)ccc2c1. The second-order valence-corrected chi connectivity index (χ2v) is 5.00. The summed E-state index contributed by atoms with van der Waals surface area (Å²) in [7, 11) is 1.62. The van der Waals surface area contributed by atoms with Crippen molar-refractivity contribution < 1.29 is 14.6 Å². The van der Waals surface area contributed by atoms with Crippen LogP contribution in [0, 0.1) is 0 Å². The van der Waals surface area contributed by atoms with Crippen molar-refractivity contribution in [3.05, 3.63) is 36.0 Å². The molecule has 2 aromatic rings. The number of rotatable bonds is 6. The van der Waals surface area contributed by atoms with Gasteiger partial charge in [-0.1, -0.05) is 6.07 Å². The van der Waals surface area contributed by atoms with E-state index in [9.17, 15) is 4.79 Å². The van der Waals surface area contributed by atoms with Crippen molar-refractivity contribution in [3.8, 4) is 5.75 Å². The number of aliphatic hydroxyl groups is 1. The number of hydrogen-bond acceptors (Lipinski definition) is 4. The predicted molar refractivity (Wildman–Crippen MR) is 81.5 cm³/mol. The van der Waals surface area contributed by atoms with Gasteiger partial charge < -0.3 is 15.2 Å². The topological polar surface area (TPSA) is 71.5 Å². The molecule has 0 bridgehead atoms. The van der Waals surface area contributed by atoms with E-state index in [4.69, 9.17) is 9.84 Å². The number of carbonyl (C=O) groups is 1. The van der Waals surface area contributed by atoms with Crippen molar-refractivity contribution >= 4 is 16.8 Å². The Morgan fingerprint density at radius 3 is 2.90 bits per heavy atom. The summed E-state index contributed by atoms with van der Waals surface area (Å²) in [5.74, 6) is 0.567. The normalized spacial score (nSPS) is 12.1. The van der Waals surface area contributed by atoms with Gasteiger partial charge in [0.25, 0.3) is 5.91 Å². The highest BCUT2D eigenvalue weighted by Gasteiger charge is 2.11. The Morgan fingerprint density at radius 2 is 2.19 bits per heavy atom. The largest absolute Gasteiger partial charge is 0.497 e. The molecular weight excluding hydrogens is 268 g/mol. The Bertz CT molecular complexity index is 628. The third kappa shape index (κ3) is 3.92. The molecule has 0 radical (unpaired) electrons. The van der Waals surface area contributed by atoms with E-state index in [0.717, 1.165) is 23.1 Å². The number of amides is 1. The smallest absolute Gasteiger partial charge is 0.270 e. The number of carbonyl (C=O) groups excluding carboxylic acids is 1. The maximum absolute atomic E-state index is 12.1. The zero-order chi connectivity index (χ0) is 15.2. The minimum atomic E-state index is -0.196. The number of ether oxygens (including phenoxy) is 1. The Balaban J connectivity index is 2.13. The van der Waals surface area contributed by atoms with Gasteiger partial charge in [-0.15, -0.1) is 0 Å². The molecule has 0 aliphatic carbocycles. The number of nitrogens with zero attached hydrogens (tertiary/aromatic N) is 1. The lowest BCUT2D eigenvalue weighted by molar-refractivity contribution is 0.0931. The number of aliphatic hydroxyl groups excluding tert-OH is 1. The number of pyridine rings is 1. The van der Waals surface area contributed by atoms with E-state index in [0.29, 0.717) is 12.1 Å². The van der Waals surface area contributed by atoms with Crippen molar-refractivity contribution in [1.82, 2.24) is 10.3 Å². The molecule has 5 nitrogen and oxygen atoms in total. The van der Waals surface area contributed by atoms with Crippen LogP contribution in [0.2, 0.25) is 0 Å². The minimum absolute atomic E-state index is 0.0121. The highest BCUT2D eigenvalue weighted by molar-refractivity contribution is 5.95. The summed E-state index contributed by atoms with van der Waals surface area (Å²) in [5, 5.41) is 12.6. The van der Waals surface area contributed by atoms with Crippen molar-refractivity contribution in [2.24, 2.45) is 0 Å². The van der Waals surface area contributed by atoms with Crippen molar-refractivity contribution in [1.29, 1.82) is 0 Å². The second-order valence-electron chi connectivity index (χ2n) is 5.00. The Labute approximate surface area is 124 Å². The maximum atomic E-state index is 12.1. The van der Waals surface area contributed by atoms with Crippen LogP contribution in [0.4, 0.5) is 0 Å². The summed E-state index contributed by atoms with van der Waals surface area (Å²) in [4.78, 5) is 16.5. The molecule has 0 saturated heterocycles. The molecule has 1 heterocycles. The van der Waals surface area contributed by atoms with Crippen LogP contribution in [0.25, 0.3) is 10.9 Å². The number of fused-ring (bicyclic) bond motifs is 1. The average molecular weight is 288 g/mol. The summed E-state index contributed by atoms with van der Waals surface area (Å²) in [6.45, 7) is 2.05. The van der Waals surface area contributed by atoms with Crippen molar-refractivity contribution in [2.45, 2.75) is 25.8 Å². The Morgan fingerprint density at radius 1 is 1.38 bits per heavy atom. The molecule has 0 spiro atoms. The van der Waals surface area contributed by atoms with E-state index < -0.39 is 0 Å². The number of hydrogen-bond donors (Lipinski definition) is 2. The second kappa shape index (κ2) is 7.04. The summed E-state index contributed by atoms with van der Waals surface area (Å²) in [6.07, 6.45) is 1.42. The maximum Gasteiger partial charge on any atom is 0.270 e. The molecule has 1 amide bonds. The van der Waals surface area contributed by atoms with Gasteiger partial charge in [0, 0.05) is 18.0 Å². The number of nitrogens with one attached hydrogen (secondary N) is 1. The van der Waals surface area contributed by atoms with E-state index in [-0.39, 0.29) is 18.6 Å². The first-order valence-electron chi connectivity index (χ1n) is 7.00. The molecule has 0 aliphatic heterocycles. The Kier molecular flexibility index (Phi) is 5.11. The Hall–Kier alpha value is -2.14. The quantitative estimate of drug-likeness (QED) is 0.854. The first-order valence-corrected chi connectivity index (χ1v) is 7.00. The third-order valence-corrected chi connectivity index (χ3v) is 3.30. The first kappa shape index (κ1) is 15.3. The van der Waals surface area contributed by atoms with Crippen LogP contribution in [0.5, 0.6) is 5.75 Å². The molecular formula is C16H20N2O3.